The predicted octanol–water partition coefficient (Wildman–Crippen LogP) is 6.59. The van der Waals surface area contributed by atoms with Crippen LogP contribution in [-0.2, 0) is 24.5 Å². The van der Waals surface area contributed by atoms with Crippen molar-refractivity contribution in [1.29, 1.82) is 0 Å². The number of ether oxygens (including phenoxy) is 3. The van der Waals surface area contributed by atoms with Crippen molar-refractivity contribution in [1.82, 2.24) is 0 Å². The van der Waals surface area contributed by atoms with Gasteiger partial charge < -0.3 is 14.2 Å². The van der Waals surface area contributed by atoms with Crippen molar-refractivity contribution in [3.05, 3.63) is 143 Å². The maximum Gasteiger partial charge on any atom is 0.339 e. The molecule has 4 rings (SSSR count). The zero-order valence-corrected chi connectivity index (χ0v) is 22.4. The fourth-order valence-electron chi connectivity index (χ4n) is 4.97. The highest BCUT2D eigenvalue weighted by Gasteiger charge is 2.39. The van der Waals surface area contributed by atoms with Gasteiger partial charge in [0, 0.05) is 11.6 Å². The summed E-state index contributed by atoms with van der Waals surface area (Å²) in [6, 6.07) is 36.4. The van der Waals surface area contributed by atoms with Crippen LogP contribution in [0.15, 0.2) is 115 Å². The van der Waals surface area contributed by atoms with E-state index < -0.39 is 17.4 Å². The molecule has 0 aliphatic heterocycles. The second kappa shape index (κ2) is 12.7. The first kappa shape index (κ1) is 27.4. The van der Waals surface area contributed by atoms with E-state index in [2.05, 4.69) is 36.4 Å². The van der Waals surface area contributed by atoms with Gasteiger partial charge in [-0.15, -0.1) is 0 Å². The van der Waals surface area contributed by atoms with Crippen molar-refractivity contribution in [2.45, 2.75) is 19.3 Å². The lowest BCUT2D eigenvalue weighted by molar-refractivity contribution is -0.139. The maximum atomic E-state index is 13.2. The lowest BCUT2D eigenvalue weighted by atomic mass is 9.65. The summed E-state index contributed by atoms with van der Waals surface area (Å²) in [4.78, 5) is 25.7. The van der Waals surface area contributed by atoms with Crippen LogP contribution in [0.4, 0.5) is 0 Å². The molecule has 0 N–H and O–H groups in total. The summed E-state index contributed by atoms with van der Waals surface area (Å²) in [5, 5.41) is 0. The molecule has 0 aliphatic carbocycles. The van der Waals surface area contributed by atoms with Gasteiger partial charge in [0.05, 0.1) is 31.3 Å². The number of methoxy groups -OCH3 is 1. The van der Waals surface area contributed by atoms with Gasteiger partial charge in [-0.3, -0.25) is 0 Å². The predicted molar refractivity (Wildman–Crippen MR) is 153 cm³/mol. The number of hydrogen-bond donors (Lipinski definition) is 0. The highest BCUT2D eigenvalue weighted by atomic mass is 16.5. The van der Waals surface area contributed by atoms with E-state index in [0.717, 1.165) is 22.3 Å². The Bertz CT molecular complexity index is 1330. The number of esters is 2. The van der Waals surface area contributed by atoms with E-state index in [0.29, 0.717) is 11.3 Å². The minimum absolute atomic E-state index is 0.0667. The Labute approximate surface area is 229 Å². The third-order valence-corrected chi connectivity index (χ3v) is 6.59. The van der Waals surface area contributed by atoms with Gasteiger partial charge in [-0.1, -0.05) is 97.1 Å². The van der Waals surface area contributed by atoms with Crippen LogP contribution in [0, 0.1) is 0 Å². The van der Waals surface area contributed by atoms with Crippen LogP contribution < -0.4 is 4.74 Å². The molecule has 0 unspecified atom stereocenters. The van der Waals surface area contributed by atoms with Crippen LogP contribution in [-0.4, -0.2) is 32.3 Å². The van der Waals surface area contributed by atoms with E-state index in [4.69, 9.17) is 14.2 Å². The molecule has 0 saturated heterocycles. The molecule has 4 aromatic rings. The first-order valence-electron chi connectivity index (χ1n) is 13.0. The fraction of sp³-hybridized carbons (Fsp3) is 0.176. The van der Waals surface area contributed by atoms with E-state index in [1.165, 1.54) is 13.2 Å². The largest absolute Gasteiger partial charge is 0.496 e. The van der Waals surface area contributed by atoms with Crippen molar-refractivity contribution < 1.29 is 23.8 Å². The van der Waals surface area contributed by atoms with Gasteiger partial charge in [-0.2, -0.15) is 0 Å². The molecule has 5 heteroatoms. The molecule has 0 aliphatic rings. The fourth-order valence-corrected chi connectivity index (χ4v) is 4.97. The smallest absolute Gasteiger partial charge is 0.339 e. The molecule has 0 spiro atoms. The molecule has 0 amide bonds. The van der Waals surface area contributed by atoms with Crippen LogP contribution in [0.25, 0.3) is 5.57 Å². The van der Waals surface area contributed by atoms with E-state index in [1.807, 2.05) is 72.8 Å². The summed E-state index contributed by atoms with van der Waals surface area (Å²) in [6.45, 7) is 3.77. The van der Waals surface area contributed by atoms with Crippen molar-refractivity contribution in [2.75, 3.05) is 20.3 Å². The SMILES string of the molecule is CCOC(=O)/C=C(\C(=O)OCC)c1cc(C(c2ccccc2)(c2ccccc2)c2ccccc2)ccc1OC. The number of rotatable bonds is 10. The van der Waals surface area contributed by atoms with E-state index in [9.17, 15) is 9.59 Å². The van der Waals surface area contributed by atoms with Crippen LogP contribution in [0.5, 0.6) is 5.75 Å². The van der Waals surface area contributed by atoms with Crippen LogP contribution in [0.1, 0.15) is 41.7 Å². The highest BCUT2D eigenvalue weighted by molar-refractivity contribution is 6.21. The van der Waals surface area contributed by atoms with Gasteiger partial charge in [0.1, 0.15) is 5.75 Å². The summed E-state index contributed by atoms with van der Waals surface area (Å²) >= 11 is 0. The molecule has 0 atom stereocenters. The lowest BCUT2D eigenvalue weighted by Crippen LogP contribution is -2.31. The molecule has 0 bridgehead atoms. The van der Waals surface area contributed by atoms with Gasteiger partial charge in [-0.25, -0.2) is 9.59 Å². The molecule has 39 heavy (non-hydrogen) atoms. The van der Waals surface area contributed by atoms with Crippen molar-refractivity contribution >= 4 is 17.5 Å². The summed E-state index contributed by atoms with van der Waals surface area (Å²) in [7, 11) is 1.53. The van der Waals surface area contributed by atoms with E-state index >= 15 is 0 Å². The van der Waals surface area contributed by atoms with Crippen LogP contribution >= 0.6 is 0 Å². The number of carbonyl (C=O) groups is 2. The standard InChI is InChI=1S/C34H32O5/c1-4-38-32(35)24-30(33(36)39-5-2)29-23-28(21-22-31(29)37-3)34(25-15-9-6-10-16-25,26-17-11-7-12-18-26)27-19-13-8-14-20-27/h6-24H,4-5H2,1-3H3/b30-24-. The van der Waals surface area contributed by atoms with Gasteiger partial charge in [-0.05, 0) is 48.2 Å². The zero-order valence-electron chi connectivity index (χ0n) is 22.4. The molecule has 5 nitrogen and oxygen atoms in total. The average Bonchev–Trinajstić information content (AvgIpc) is 2.98. The third-order valence-electron chi connectivity index (χ3n) is 6.59. The normalized spacial score (nSPS) is 11.5. The van der Waals surface area contributed by atoms with Crippen molar-refractivity contribution in [3.63, 3.8) is 0 Å². The summed E-state index contributed by atoms with van der Waals surface area (Å²) in [5.74, 6) is -0.829. The first-order valence-corrected chi connectivity index (χ1v) is 13.0. The molecule has 198 valence electrons. The monoisotopic (exact) mass is 520 g/mol. The molecule has 4 aromatic carbocycles. The Hall–Kier alpha value is -4.64. The topological polar surface area (TPSA) is 61.8 Å². The second-order valence-electron chi connectivity index (χ2n) is 8.79. The Morgan fingerprint density at radius 1 is 0.667 bits per heavy atom. The summed E-state index contributed by atoms with van der Waals surface area (Å²) in [6.07, 6.45) is 1.18. The van der Waals surface area contributed by atoms with Crippen LogP contribution in [0.3, 0.4) is 0 Å². The molecule has 0 fully saturated rings. The van der Waals surface area contributed by atoms with Crippen molar-refractivity contribution in [3.8, 4) is 5.75 Å². The van der Waals surface area contributed by atoms with Gasteiger partial charge in [0.2, 0.25) is 0 Å². The minimum Gasteiger partial charge on any atom is -0.496 e. The number of benzene rings is 4. The first-order chi connectivity index (χ1) is 19.1. The van der Waals surface area contributed by atoms with E-state index in [1.54, 1.807) is 13.8 Å². The lowest BCUT2D eigenvalue weighted by Gasteiger charge is -2.37. The van der Waals surface area contributed by atoms with Crippen LogP contribution in [0.2, 0.25) is 0 Å². The van der Waals surface area contributed by atoms with Gasteiger partial charge >= 0.3 is 11.9 Å². The molecule has 0 heterocycles. The molecule has 0 radical (unpaired) electrons. The Kier molecular flexibility index (Phi) is 8.95. The number of carbonyl (C=O) groups excluding carboxylic acids is 2. The highest BCUT2D eigenvalue weighted by Crippen LogP contribution is 2.46. The van der Waals surface area contributed by atoms with Crippen molar-refractivity contribution in [2.24, 2.45) is 0 Å². The molecular formula is C34H32O5. The molecular weight excluding hydrogens is 488 g/mol. The van der Waals surface area contributed by atoms with Gasteiger partial charge in [0.15, 0.2) is 0 Å². The van der Waals surface area contributed by atoms with Gasteiger partial charge in [0.25, 0.3) is 0 Å². The Balaban J connectivity index is 2.09. The summed E-state index contributed by atoms with van der Waals surface area (Å²) in [5.41, 5.74) is 3.79. The van der Waals surface area contributed by atoms with E-state index in [-0.39, 0.29) is 18.8 Å². The molecule has 0 aromatic heterocycles. The Morgan fingerprint density at radius 3 is 1.59 bits per heavy atom. The number of hydrogen-bond acceptors (Lipinski definition) is 5. The molecule has 0 saturated carbocycles. The minimum atomic E-state index is -0.742. The quantitative estimate of drug-likeness (QED) is 0.134. The second-order valence-corrected chi connectivity index (χ2v) is 8.79. The Morgan fingerprint density at radius 2 is 1.15 bits per heavy atom. The average molecular weight is 521 g/mol. The maximum absolute atomic E-state index is 13.2. The zero-order chi connectivity index (χ0) is 27.7. The summed E-state index contributed by atoms with van der Waals surface area (Å²) < 4.78 is 16.2. The third kappa shape index (κ3) is 5.63.